The van der Waals surface area contributed by atoms with E-state index in [0.717, 1.165) is 37.2 Å². The zero-order valence-electron chi connectivity index (χ0n) is 11.1. The SMILES string of the molecule is CC(C)Oc1cncc(C(O)C2CCNCC2)c1. The Kier molecular flexibility index (Phi) is 4.55. The van der Waals surface area contributed by atoms with E-state index in [-0.39, 0.29) is 6.10 Å². The molecule has 1 saturated heterocycles. The maximum absolute atomic E-state index is 10.4. The predicted octanol–water partition coefficient (Wildman–Crippen LogP) is 1.90. The summed E-state index contributed by atoms with van der Waals surface area (Å²) in [6.45, 7) is 5.93. The Morgan fingerprint density at radius 2 is 2.06 bits per heavy atom. The Bertz CT molecular complexity index is 376. The van der Waals surface area contributed by atoms with Crippen molar-refractivity contribution in [1.82, 2.24) is 10.3 Å². The molecule has 2 N–H and O–H groups in total. The van der Waals surface area contributed by atoms with Gasteiger partial charge in [0.1, 0.15) is 5.75 Å². The first-order valence-electron chi connectivity index (χ1n) is 6.67. The zero-order valence-corrected chi connectivity index (χ0v) is 11.1. The number of nitrogens with zero attached hydrogens (tertiary/aromatic N) is 1. The van der Waals surface area contributed by atoms with Gasteiger partial charge in [0.2, 0.25) is 0 Å². The molecule has 1 unspecified atom stereocenters. The van der Waals surface area contributed by atoms with Gasteiger partial charge < -0.3 is 15.2 Å². The molecule has 0 aromatic carbocycles. The third-order valence-corrected chi connectivity index (χ3v) is 3.28. The van der Waals surface area contributed by atoms with Gasteiger partial charge in [-0.3, -0.25) is 4.98 Å². The molecule has 1 fully saturated rings. The Balaban J connectivity index is 2.06. The van der Waals surface area contributed by atoms with Crippen LogP contribution in [-0.4, -0.2) is 29.3 Å². The molecular weight excluding hydrogens is 228 g/mol. The number of piperidine rings is 1. The van der Waals surface area contributed by atoms with Gasteiger partial charge in [0.05, 0.1) is 18.4 Å². The molecule has 1 aliphatic rings. The van der Waals surface area contributed by atoms with E-state index in [0.29, 0.717) is 5.92 Å². The fraction of sp³-hybridized carbons (Fsp3) is 0.643. The second kappa shape index (κ2) is 6.16. The van der Waals surface area contributed by atoms with Crippen LogP contribution in [0.25, 0.3) is 0 Å². The minimum Gasteiger partial charge on any atom is -0.489 e. The number of pyridine rings is 1. The normalized spacial score (nSPS) is 18.9. The molecule has 4 heteroatoms. The lowest BCUT2D eigenvalue weighted by Gasteiger charge is -2.27. The van der Waals surface area contributed by atoms with E-state index in [1.165, 1.54) is 0 Å². The van der Waals surface area contributed by atoms with Crippen LogP contribution in [0.4, 0.5) is 0 Å². The Hall–Kier alpha value is -1.13. The molecular formula is C14H22N2O2. The maximum Gasteiger partial charge on any atom is 0.138 e. The van der Waals surface area contributed by atoms with E-state index in [2.05, 4.69) is 10.3 Å². The van der Waals surface area contributed by atoms with Crippen LogP contribution in [0.1, 0.15) is 38.4 Å². The molecule has 100 valence electrons. The molecule has 0 aliphatic carbocycles. The lowest BCUT2D eigenvalue weighted by Crippen LogP contribution is -2.30. The van der Waals surface area contributed by atoms with E-state index in [1.807, 2.05) is 19.9 Å². The third-order valence-electron chi connectivity index (χ3n) is 3.28. The second-order valence-corrected chi connectivity index (χ2v) is 5.15. The van der Waals surface area contributed by atoms with Crippen molar-refractivity contribution < 1.29 is 9.84 Å². The van der Waals surface area contributed by atoms with Crippen LogP contribution in [0.5, 0.6) is 5.75 Å². The molecule has 0 amide bonds. The molecule has 2 heterocycles. The summed E-state index contributed by atoms with van der Waals surface area (Å²) in [7, 11) is 0. The van der Waals surface area contributed by atoms with Crippen molar-refractivity contribution in [2.24, 2.45) is 5.92 Å². The van der Waals surface area contributed by atoms with Crippen LogP contribution in [0.2, 0.25) is 0 Å². The smallest absolute Gasteiger partial charge is 0.138 e. The highest BCUT2D eigenvalue weighted by molar-refractivity contribution is 5.25. The van der Waals surface area contributed by atoms with E-state index < -0.39 is 6.10 Å². The van der Waals surface area contributed by atoms with Crippen molar-refractivity contribution in [3.8, 4) is 5.75 Å². The van der Waals surface area contributed by atoms with E-state index in [1.54, 1.807) is 12.4 Å². The van der Waals surface area contributed by atoms with Gasteiger partial charge in [0, 0.05) is 11.8 Å². The highest BCUT2D eigenvalue weighted by atomic mass is 16.5. The van der Waals surface area contributed by atoms with E-state index >= 15 is 0 Å². The average Bonchev–Trinajstić information content (AvgIpc) is 2.38. The van der Waals surface area contributed by atoms with Gasteiger partial charge in [-0.1, -0.05) is 0 Å². The second-order valence-electron chi connectivity index (χ2n) is 5.15. The molecule has 0 spiro atoms. The van der Waals surface area contributed by atoms with Gasteiger partial charge in [-0.2, -0.15) is 0 Å². The summed E-state index contributed by atoms with van der Waals surface area (Å²) in [4.78, 5) is 4.15. The first kappa shape index (κ1) is 13.3. The van der Waals surface area contributed by atoms with Crippen molar-refractivity contribution in [3.63, 3.8) is 0 Å². The van der Waals surface area contributed by atoms with Crippen LogP contribution in [-0.2, 0) is 0 Å². The van der Waals surface area contributed by atoms with E-state index in [4.69, 9.17) is 4.74 Å². The number of nitrogens with one attached hydrogen (secondary N) is 1. The molecule has 1 aliphatic heterocycles. The molecule has 1 atom stereocenters. The summed E-state index contributed by atoms with van der Waals surface area (Å²) in [5, 5.41) is 13.7. The standard InChI is InChI=1S/C14H22N2O2/c1-10(2)18-13-7-12(8-16-9-13)14(17)11-3-5-15-6-4-11/h7-11,14-15,17H,3-6H2,1-2H3. The molecule has 4 nitrogen and oxygen atoms in total. The van der Waals surface area contributed by atoms with Crippen LogP contribution in [0, 0.1) is 5.92 Å². The van der Waals surface area contributed by atoms with Crippen molar-refractivity contribution in [2.45, 2.75) is 38.9 Å². The predicted molar refractivity (Wildman–Crippen MR) is 70.6 cm³/mol. The number of hydrogen-bond acceptors (Lipinski definition) is 4. The number of ether oxygens (including phenoxy) is 1. The lowest BCUT2D eigenvalue weighted by atomic mass is 9.89. The summed E-state index contributed by atoms with van der Waals surface area (Å²) < 4.78 is 5.61. The first-order valence-corrected chi connectivity index (χ1v) is 6.67. The minimum atomic E-state index is -0.435. The van der Waals surface area contributed by atoms with Gasteiger partial charge in [-0.25, -0.2) is 0 Å². The Labute approximate surface area is 108 Å². The number of aliphatic hydroxyl groups is 1. The largest absolute Gasteiger partial charge is 0.489 e. The molecule has 18 heavy (non-hydrogen) atoms. The van der Waals surface area contributed by atoms with Gasteiger partial charge in [-0.15, -0.1) is 0 Å². The maximum atomic E-state index is 10.4. The third kappa shape index (κ3) is 3.43. The highest BCUT2D eigenvalue weighted by Gasteiger charge is 2.23. The molecule has 2 rings (SSSR count). The van der Waals surface area contributed by atoms with Crippen molar-refractivity contribution in [2.75, 3.05) is 13.1 Å². The molecule has 0 saturated carbocycles. The average molecular weight is 250 g/mol. The Morgan fingerprint density at radius 1 is 1.33 bits per heavy atom. The first-order chi connectivity index (χ1) is 8.66. The van der Waals surface area contributed by atoms with Gasteiger partial charge in [0.15, 0.2) is 0 Å². The summed E-state index contributed by atoms with van der Waals surface area (Å²) in [6.07, 6.45) is 5.14. The zero-order chi connectivity index (χ0) is 13.0. The fourth-order valence-corrected chi connectivity index (χ4v) is 2.37. The topological polar surface area (TPSA) is 54.4 Å². The van der Waals surface area contributed by atoms with Crippen molar-refractivity contribution in [1.29, 1.82) is 0 Å². The minimum absolute atomic E-state index is 0.123. The molecule has 0 radical (unpaired) electrons. The van der Waals surface area contributed by atoms with Gasteiger partial charge >= 0.3 is 0 Å². The lowest BCUT2D eigenvalue weighted by molar-refractivity contribution is 0.0882. The van der Waals surface area contributed by atoms with Crippen LogP contribution in [0.3, 0.4) is 0 Å². The number of rotatable bonds is 4. The summed E-state index contributed by atoms with van der Waals surface area (Å²) in [5.74, 6) is 1.05. The van der Waals surface area contributed by atoms with Crippen molar-refractivity contribution in [3.05, 3.63) is 24.0 Å². The van der Waals surface area contributed by atoms with Crippen LogP contribution >= 0.6 is 0 Å². The Morgan fingerprint density at radius 3 is 2.72 bits per heavy atom. The number of aliphatic hydroxyl groups excluding tert-OH is 1. The van der Waals surface area contributed by atoms with Gasteiger partial charge in [-0.05, 0) is 51.8 Å². The highest BCUT2D eigenvalue weighted by Crippen LogP contribution is 2.29. The quantitative estimate of drug-likeness (QED) is 0.857. The molecule has 0 bridgehead atoms. The fourth-order valence-electron chi connectivity index (χ4n) is 2.37. The van der Waals surface area contributed by atoms with Crippen molar-refractivity contribution >= 4 is 0 Å². The monoisotopic (exact) mass is 250 g/mol. The number of hydrogen-bond donors (Lipinski definition) is 2. The van der Waals surface area contributed by atoms with Crippen LogP contribution in [0.15, 0.2) is 18.5 Å². The summed E-state index contributed by atoms with van der Waals surface area (Å²) in [6, 6.07) is 1.90. The number of aromatic nitrogens is 1. The van der Waals surface area contributed by atoms with E-state index in [9.17, 15) is 5.11 Å². The molecule has 1 aromatic rings. The summed E-state index contributed by atoms with van der Waals surface area (Å²) >= 11 is 0. The van der Waals surface area contributed by atoms with Crippen LogP contribution < -0.4 is 10.1 Å². The molecule has 1 aromatic heterocycles. The van der Waals surface area contributed by atoms with Gasteiger partial charge in [0.25, 0.3) is 0 Å². The summed E-state index contributed by atoms with van der Waals surface area (Å²) in [5.41, 5.74) is 0.861.